The van der Waals surface area contributed by atoms with Gasteiger partial charge in [-0.05, 0) is 44.5 Å². The Labute approximate surface area is 164 Å². The van der Waals surface area contributed by atoms with Gasteiger partial charge in [0.25, 0.3) is 5.91 Å². The molecule has 2 bridgehead atoms. The lowest BCUT2D eigenvalue weighted by atomic mass is 9.71. The highest BCUT2D eigenvalue weighted by molar-refractivity contribution is 5.94. The van der Waals surface area contributed by atoms with E-state index in [1.807, 2.05) is 0 Å². The summed E-state index contributed by atoms with van der Waals surface area (Å²) in [6, 6.07) is 9.45. The topological polar surface area (TPSA) is 52.2 Å². The van der Waals surface area contributed by atoms with E-state index in [9.17, 15) is 9.18 Å². The van der Waals surface area contributed by atoms with Crippen molar-refractivity contribution in [2.75, 3.05) is 13.6 Å². The van der Waals surface area contributed by atoms with Crippen LogP contribution < -0.4 is 0 Å². The Bertz CT molecular complexity index is 911. The van der Waals surface area contributed by atoms with Gasteiger partial charge >= 0.3 is 0 Å². The van der Waals surface area contributed by atoms with E-state index in [0.717, 1.165) is 13.0 Å². The minimum absolute atomic E-state index is 0.00744. The first kappa shape index (κ1) is 17.9. The average Bonchev–Trinajstić information content (AvgIpc) is 3.18. The molecule has 2 saturated heterocycles. The van der Waals surface area contributed by atoms with Crippen LogP contribution in [0.2, 0.25) is 0 Å². The maximum Gasteiger partial charge on any atom is 0.272 e. The average molecular weight is 382 g/mol. The molecule has 2 aromatic rings. The molecular weight excluding hydrogens is 355 g/mol. The Morgan fingerprint density at radius 2 is 2.00 bits per heavy atom. The van der Waals surface area contributed by atoms with Gasteiger partial charge in [0.2, 0.25) is 0 Å². The molecule has 1 aromatic carbocycles. The Hall–Kier alpha value is -2.21. The van der Waals surface area contributed by atoms with Gasteiger partial charge in [0.05, 0.1) is 5.69 Å². The van der Waals surface area contributed by atoms with Crippen molar-refractivity contribution in [2.45, 2.75) is 57.2 Å². The fourth-order valence-corrected chi connectivity index (χ4v) is 6.08. The Morgan fingerprint density at radius 3 is 2.79 bits per heavy atom. The number of piperidine rings is 1. The highest BCUT2D eigenvalue weighted by Crippen LogP contribution is 2.52. The van der Waals surface area contributed by atoms with Gasteiger partial charge in [-0.3, -0.25) is 14.8 Å². The fraction of sp³-hybridized carbons (Fsp3) is 0.545. The van der Waals surface area contributed by atoms with Gasteiger partial charge in [0, 0.05) is 35.6 Å². The molecule has 1 aromatic heterocycles. The molecule has 148 valence electrons. The Kier molecular flexibility index (Phi) is 4.09. The summed E-state index contributed by atoms with van der Waals surface area (Å²) in [5.74, 6) is -0.336. The number of likely N-dealkylation sites (N-methyl/N-ethyl adjacent to an activating group) is 1. The van der Waals surface area contributed by atoms with E-state index < -0.39 is 0 Å². The molecule has 1 N–H and O–H groups in total. The summed E-state index contributed by atoms with van der Waals surface area (Å²) in [5.41, 5.74) is 1.49. The first-order valence-electron chi connectivity index (χ1n) is 10.3. The maximum atomic E-state index is 14.1. The quantitative estimate of drug-likeness (QED) is 0.862. The number of carbonyl (C=O) groups is 1. The van der Waals surface area contributed by atoms with Gasteiger partial charge in [0.1, 0.15) is 11.5 Å². The number of rotatable bonds is 2. The van der Waals surface area contributed by atoms with E-state index in [1.165, 1.54) is 31.7 Å². The second-order valence-corrected chi connectivity index (χ2v) is 8.95. The molecule has 0 unspecified atom stereocenters. The monoisotopic (exact) mass is 382 g/mol. The van der Waals surface area contributed by atoms with Gasteiger partial charge in [-0.1, -0.05) is 31.9 Å². The normalized spacial score (nSPS) is 32.4. The molecule has 2 aliphatic heterocycles. The van der Waals surface area contributed by atoms with Crippen molar-refractivity contribution in [3.8, 4) is 11.3 Å². The number of amides is 1. The summed E-state index contributed by atoms with van der Waals surface area (Å²) in [5, 5.41) is 7.09. The molecule has 6 heteroatoms. The van der Waals surface area contributed by atoms with E-state index in [2.05, 4.69) is 34.0 Å². The Balaban J connectivity index is 1.47. The lowest BCUT2D eigenvalue weighted by Crippen LogP contribution is -2.55. The SMILES string of the molecule is CN1[C@@H]2CN(C(=O)c3cc(-c4ccccc4F)n[nH]3)[C@@H]3CCCC[C@H]1[C@]3(C)C2. The van der Waals surface area contributed by atoms with Gasteiger partial charge in [-0.25, -0.2) is 4.39 Å². The molecule has 0 spiro atoms. The third kappa shape index (κ3) is 2.54. The van der Waals surface area contributed by atoms with Crippen molar-refractivity contribution >= 4 is 5.91 Å². The molecule has 3 fully saturated rings. The number of hydrogen-bond acceptors (Lipinski definition) is 3. The summed E-state index contributed by atoms with van der Waals surface area (Å²) in [7, 11) is 2.23. The zero-order valence-corrected chi connectivity index (χ0v) is 16.5. The third-order valence-electron chi connectivity index (χ3n) is 7.47. The largest absolute Gasteiger partial charge is 0.332 e. The number of nitrogens with one attached hydrogen (secondary N) is 1. The molecule has 1 saturated carbocycles. The van der Waals surface area contributed by atoms with Crippen LogP contribution >= 0.6 is 0 Å². The number of benzene rings is 1. The van der Waals surface area contributed by atoms with Gasteiger partial charge in [-0.15, -0.1) is 0 Å². The van der Waals surface area contributed by atoms with E-state index >= 15 is 0 Å². The highest BCUT2D eigenvalue weighted by atomic mass is 19.1. The van der Waals surface area contributed by atoms with E-state index in [4.69, 9.17) is 0 Å². The summed E-state index contributed by atoms with van der Waals surface area (Å²) in [6.45, 7) is 3.14. The minimum Gasteiger partial charge on any atom is -0.332 e. The molecule has 1 aliphatic carbocycles. The molecule has 5 nitrogen and oxygen atoms in total. The van der Waals surface area contributed by atoms with Crippen molar-refractivity contribution in [1.29, 1.82) is 0 Å². The fourth-order valence-electron chi connectivity index (χ4n) is 6.08. The number of nitrogens with zero attached hydrogens (tertiary/aromatic N) is 3. The lowest BCUT2D eigenvalue weighted by Gasteiger charge is -2.46. The number of fused-ring (bicyclic) bond motifs is 1. The van der Waals surface area contributed by atoms with Gasteiger partial charge < -0.3 is 4.90 Å². The highest BCUT2D eigenvalue weighted by Gasteiger charge is 2.58. The molecule has 3 aliphatic rings. The van der Waals surface area contributed by atoms with Crippen LogP contribution in [-0.4, -0.2) is 57.6 Å². The number of H-pyrrole nitrogens is 1. The zero-order valence-electron chi connectivity index (χ0n) is 16.5. The van der Waals surface area contributed by atoms with Crippen molar-refractivity contribution in [3.63, 3.8) is 0 Å². The summed E-state index contributed by atoms with van der Waals surface area (Å²) < 4.78 is 14.1. The van der Waals surface area contributed by atoms with E-state index in [-0.39, 0.29) is 23.2 Å². The number of hydrogen-bond donors (Lipinski definition) is 1. The predicted molar refractivity (Wildman–Crippen MR) is 105 cm³/mol. The predicted octanol–water partition coefficient (Wildman–Crippen LogP) is 3.69. The van der Waals surface area contributed by atoms with Crippen LogP contribution in [0.15, 0.2) is 30.3 Å². The Morgan fingerprint density at radius 1 is 1.25 bits per heavy atom. The molecule has 3 heterocycles. The summed E-state index contributed by atoms with van der Waals surface area (Å²) in [4.78, 5) is 18.0. The van der Waals surface area contributed by atoms with Crippen molar-refractivity contribution in [1.82, 2.24) is 20.0 Å². The third-order valence-corrected chi connectivity index (χ3v) is 7.47. The van der Waals surface area contributed by atoms with Crippen LogP contribution in [0.3, 0.4) is 0 Å². The number of halogens is 1. The number of aromatic amines is 1. The molecule has 4 atom stereocenters. The van der Waals surface area contributed by atoms with Gasteiger partial charge in [-0.2, -0.15) is 5.10 Å². The minimum atomic E-state index is -0.329. The van der Waals surface area contributed by atoms with Crippen molar-refractivity contribution in [2.24, 2.45) is 5.41 Å². The number of aromatic nitrogens is 2. The van der Waals surface area contributed by atoms with E-state index in [1.54, 1.807) is 24.3 Å². The second kappa shape index (κ2) is 6.41. The van der Waals surface area contributed by atoms with Crippen LogP contribution in [0.5, 0.6) is 0 Å². The second-order valence-electron chi connectivity index (χ2n) is 8.95. The maximum absolute atomic E-state index is 14.1. The molecular formula is C22H27FN4O. The molecule has 0 radical (unpaired) electrons. The first-order valence-corrected chi connectivity index (χ1v) is 10.3. The van der Waals surface area contributed by atoms with E-state index in [0.29, 0.717) is 29.0 Å². The number of carbonyl (C=O) groups excluding carboxylic acids is 1. The smallest absolute Gasteiger partial charge is 0.272 e. The zero-order chi connectivity index (χ0) is 19.5. The molecule has 1 amide bonds. The van der Waals surface area contributed by atoms with Crippen LogP contribution in [-0.2, 0) is 0 Å². The van der Waals surface area contributed by atoms with Gasteiger partial charge in [0.15, 0.2) is 0 Å². The summed E-state index contributed by atoms with van der Waals surface area (Å²) >= 11 is 0. The van der Waals surface area contributed by atoms with Crippen molar-refractivity contribution in [3.05, 3.63) is 41.8 Å². The molecule has 28 heavy (non-hydrogen) atoms. The molecule has 5 rings (SSSR count). The van der Waals surface area contributed by atoms with Crippen LogP contribution in [0.1, 0.15) is 49.5 Å². The lowest BCUT2D eigenvalue weighted by molar-refractivity contribution is 0.0279. The number of likely N-dealkylation sites (tertiary alicyclic amines) is 2. The first-order chi connectivity index (χ1) is 13.5. The van der Waals surface area contributed by atoms with Crippen LogP contribution in [0.25, 0.3) is 11.3 Å². The standard InChI is InChI=1S/C22H27FN4O/c1-22-12-14-13-27(20(22)10-6-5-9-19(22)26(14)2)21(28)18-11-17(24-25-18)15-7-3-4-8-16(15)23/h3-4,7-8,11,14,19-20H,5-6,9-10,12-13H2,1-2H3,(H,24,25)/t14-,19-,20+,22-/m0/s1. The van der Waals surface area contributed by atoms with Crippen LogP contribution in [0, 0.1) is 11.2 Å². The summed E-state index contributed by atoms with van der Waals surface area (Å²) in [6.07, 6.45) is 5.86. The van der Waals surface area contributed by atoms with Crippen LogP contribution in [0.4, 0.5) is 4.39 Å². The van der Waals surface area contributed by atoms with Crippen molar-refractivity contribution < 1.29 is 9.18 Å².